The van der Waals surface area contributed by atoms with E-state index in [0.29, 0.717) is 5.13 Å². The minimum absolute atomic E-state index is 0.619. The van der Waals surface area contributed by atoms with E-state index in [1.165, 1.54) is 23.2 Å². The Morgan fingerprint density at radius 1 is 0.944 bits per heavy atom. The molecule has 0 saturated heterocycles. The molecule has 5 heteroatoms. The summed E-state index contributed by atoms with van der Waals surface area (Å²) in [5, 5.41) is 0.619. The molecular formula is C13H12N4S. The zero-order valence-corrected chi connectivity index (χ0v) is 10.4. The van der Waals surface area contributed by atoms with Crippen LogP contribution in [0.1, 0.15) is 0 Å². The second-order valence-corrected chi connectivity index (χ2v) is 4.40. The smallest absolute Gasteiger partial charge is 0.180 e. The molecule has 4 nitrogen and oxygen atoms in total. The van der Waals surface area contributed by atoms with Gasteiger partial charge in [0.05, 0.1) is 4.88 Å². The SMILES string of the molecule is Nc1ncc(-c2ccccc2)s1.c1cncnc1. The fourth-order valence-corrected chi connectivity index (χ4v) is 1.97. The summed E-state index contributed by atoms with van der Waals surface area (Å²) < 4.78 is 0. The highest BCUT2D eigenvalue weighted by Crippen LogP contribution is 2.26. The van der Waals surface area contributed by atoms with Crippen molar-refractivity contribution in [2.24, 2.45) is 0 Å². The van der Waals surface area contributed by atoms with Gasteiger partial charge in [-0.25, -0.2) is 15.0 Å². The second-order valence-electron chi connectivity index (χ2n) is 3.33. The van der Waals surface area contributed by atoms with Crippen LogP contribution in [0.2, 0.25) is 0 Å². The van der Waals surface area contributed by atoms with Crippen molar-refractivity contribution < 1.29 is 0 Å². The summed E-state index contributed by atoms with van der Waals surface area (Å²) in [5.74, 6) is 0. The fourth-order valence-electron chi connectivity index (χ4n) is 1.28. The standard InChI is InChI=1S/C9H8N2S.C4H4N2/c10-9-11-6-8(12-9)7-4-2-1-3-5-7;1-2-5-4-6-3-1/h1-6H,(H2,10,11);1-4H. The molecule has 2 heterocycles. The summed E-state index contributed by atoms with van der Waals surface area (Å²) in [7, 11) is 0. The van der Waals surface area contributed by atoms with Crippen LogP contribution in [0.15, 0.2) is 61.3 Å². The Labute approximate surface area is 109 Å². The molecule has 18 heavy (non-hydrogen) atoms. The van der Waals surface area contributed by atoms with Gasteiger partial charge in [0.2, 0.25) is 0 Å². The third kappa shape index (κ3) is 3.64. The average Bonchev–Trinajstić information content (AvgIpc) is 2.89. The number of aromatic nitrogens is 3. The molecule has 1 aromatic carbocycles. The molecule has 0 saturated carbocycles. The monoisotopic (exact) mass is 256 g/mol. The van der Waals surface area contributed by atoms with E-state index in [-0.39, 0.29) is 0 Å². The van der Waals surface area contributed by atoms with E-state index in [9.17, 15) is 0 Å². The van der Waals surface area contributed by atoms with Crippen LogP contribution in [-0.2, 0) is 0 Å². The highest BCUT2D eigenvalue weighted by Gasteiger charge is 1.99. The van der Waals surface area contributed by atoms with E-state index in [4.69, 9.17) is 5.73 Å². The molecule has 3 rings (SSSR count). The van der Waals surface area contributed by atoms with Gasteiger partial charge in [0.1, 0.15) is 6.33 Å². The maximum atomic E-state index is 5.52. The Kier molecular flexibility index (Phi) is 4.38. The van der Waals surface area contributed by atoms with Crippen molar-refractivity contribution in [2.45, 2.75) is 0 Å². The normalized spacial score (nSPS) is 9.33. The van der Waals surface area contributed by atoms with Gasteiger partial charge in [0, 0.05) is 18.6 Å². The third-order valence-electron chi connectivity index (χ3n) is 2.06. The Bertz CT molecular complexity index is 539. The molecule has 0 radical (unpaired) electrons. The predicted molar refractivity (Wildman–Crippen MR) is 74.0 cm³/mol. The second kappa shape index (κ2) is 6.46. The number of benzene rings is 1. The Morgan fingerprint density at radius 2 is 1.67 bits per heavy atom. The van der Waals surface area contributed by atoms with Gasteiger partial charge in [-0.05, 0) is 11.6 Å². The number of nitrogens with zero attached hydrogens (tertiary/aromatic N) is 3. The summed E-state index contributed by atoms with van der Waals surface area (Å²) in [6.07, 6.45) is 6.68. The van der Waals surface area contributed by atoms with Crippen molar-refractivity contribution in [2.75, 3.05) is 5.73 Å². The lowest BCUT2D eigenvalue weighted by Crippen LogP contribution is -1.77. The van der Waals surface area contributed by atoms with E-state index in [1.807, 2.05) is 30.3 Å². The first-order chi connectivity index (χ1) is 8.86. The number of rotatable bonds is 1. The van der Waals surface area contributed by atoms with Gasteiger partial charge in [-0.3, -0.25) is 0 Å². The van der Waals surface area contributed by atoms with Crippen LogP contribution in [0.4, 0.5) is 5.13 Å². The van der Waals surface area contributed by atoms with Crippen LogP contribution in [0, 0.1) is 0 Å². The van der Waals surface area contributed by atoms with Crippen molar-refractivity contribution in [3.63, 3.8) is 0 Å². The molecular weight excluding hydrogens is 244 g/mol. The van der Waals surface area contributed by atoms with Crippen molar-refractivity contribution in [1.82, 2.24) is 15.0 Å². The van der Waals surface area contributed by atoms with Crippen LogP contribution in [0.3, 0.4) is 0 Å². The van der Waals surface area contributed by atoms with Crippen molar-refractivity contribution >= 4 is 16.5 Å². The average molecular weight is 256 g/mol. The molecule has 0 bridgehead atoms. The summed E-state index contributed by atoms with van der Waals surface area (Å²) in [5.41, 5.74) is 6.70. The van der Waals surface area contributed by atoms with Crippen molar-refractivity contribution in [3.05, 3.63) is 61.3 Å². The Hall–Kier alpha value is -2.27. The zero-order valence-electron chi connectivity index (χ0n) is 9.60. The van der Waals surface area contributed by atoms with Crippen LogP contribution in [-0.4, -0.2) is 15.0 Å². The number of hydrogen-bond acceptors (Lipinski definition) is 5. The molecule has 0 aliphatic rings. The molecule has 2 aromatic heterocycles. The lowest BCUT2D eigenvalue weighted by Gasteiger charge is -1.92. The summed E-state index contributed by atoms with van der Waals surface area (Å²) >= 11 is 1.51. The van der Waals surface area contributed by atoms with Gasteiger partial charge in [0.25, 0.3) is 0 Å². The molecule has 0 amide bonds. The Morgan fingerprint density at radius 3 is 2.11 bits per heavy atom. The first-order valence-electron chi connectivity index (χ1n) is 5.33. The van der Waals surface area contributed by atoms with E-state index in [0.717, 1.165) is 4.88 Å². The molecule has 0 spiro atoms. The number of nitrogens with two attached hydrogens (primary N) is 1. The zero-order chi connectivity index (χ0) is 12.6. The van der Waals surface area contributed by atoms with E-state index >= 15 is 0 Å². The highest BCUT2D eigenvalue weighted by molar-refractivity contribution is 7.18. The molecule has 90 valence electrons. The van der Waals surface area contributed by atoms with E-state index in [2.05, 4.69) is 15.0 Å². The molecule has 2 N–H and O–H groups in total. The quantitative estimate of drug-likeness (QED) is 0.727. The fraction of sp³-hybridized carbons (Fsp3) is 0. The topological polar surface area (TPSA) is 64.7 Å². The lowest BCUT2D eigenvalue weighted by molar-refractivity contribution is 1.17. The largest absolute Gasteiger partial charge is 0.375 e. The van der Waals surface area contributed by atoms with E-state index in [1.54, 1.807) is 24.7 Å². The number of hydrogen-bond donors (Lipinski definition) is 1. The molecule has 3 aromatic rings. The molecule has 0 atom stereocenters. The van der Waals surface area contributed by atoms with Crippen LogP contribution in [0.5, 0.6) is 0 Å². The maximum absolute atomic E-state index is 5.52. The number of anilines is 1. The van der Waals surface area contributed by atoms with Crippen molar-refractivity contribution in [1.29, 1.82) is 0 Å². The molecule has 0 unspecified atom stereocenters. The van der Waals surface area contributed by atoms with Crippen molar-refractivity contribution in [3.8, 4) is 10.4 Å². The summed E-state index contributed by atoms with van der Waals surface area (Å²) in [4.78, 5) is 12.5. The third-order valence-corrected chi connectivity index (χ3v) is 2.94. The van der Waals surface area contributed by atoms with E-state index < -0.39 is 0 Å². The summed E-state index contributed by atoms with van der Waals surface area (Å²) in [6, 6.07) is 11.9. The molecule has 0 aliphatic carbocycles. The molecule has 0 aliphatic heterocycles. The maximum Gasteiger partial charge on any atom is 0.180 e. The minimum Gasteiger partial charge on any atom is -0.375 e. The van der Waals surface area contributed by atoms with Gasteiger partial charge in [0.15, 0.2) is 5.13 Å². The van der Waals surface area contributed by atoms with Crippen LogP contribution < -0.4 is 5.73 Å². The molecule has 0 fully saturated rings. The van der Waals surface area contributed by atoms with Gasteiger partial charge >= 0.3 is 0 Å². The predicted octanol–water partition coefficient (Wildman–Crippen LogP) is 2.87. The summed E-state index contributed by atoms with van der Waals surface area (Å²) in [6.45, 7) is 0. The van der Waals surface area contributed by atoms with Gasteiger partial charge < -0.3 is 5.73 Å². The van der Waals surface area contributed by atoms with Gasteiger partial charge in [-0.15, -0.1) is 0 Å². The van der Waals surface area contributed by atoms with Crippen LogP contribution in [0.25, 0.3) is 10.4 Å². The number of thiazole rings is 1. The highest BCUT2D eigenvalue weighted by atomic mass is 32.1. The first kappa shape index (κ1) is 12.2. The minimum atomic E-state index is 0.619. The van der Waals surface area contributed by atoms with Crippen LogP contribution >= 0.6 is 11.3 Å². The first-order valence-corrected chi connectivity index (χ1v) is 6.14. The lowest BCUT2D eigenvalue weighted by atomic mass is 10.2. The Balaban J connectivity index is 0.000000169. The van der Waals surface area contributed by atoms with Gasteiger partial charge in [-0.1, -0.05) is 41.7 Å². The number of nitrogen functional groups attached to an aromatic ring is 1. The van der Waals surface area contributed by atoms with Gasteiger partial charge in [-0.2, -0.15) is 0 Å².